The number of ketones is 1. The van der Waals surface area contributed by atoms with Gasteiger partial charge < -0.3 is 19.4 Å². The van der Waals surface area contributed by atoms with Crippen molar-refractivity contribution in [3.63, 3.8) is 0 Å². The molecule has 0 radical (unpaired) electrons. The number of anilines is 1. The molecule has 1 atom stereocenters. The van der Waals surface area contributed by atoms with E-state index in [0.717, 1.165) is 5.56 Å². The van der Waals surface area contributed by atoms with Crippen molar-refractivity contribution in [3.8, 4) is 5.75 Å². The number of nitrogens with zero attached hydrogens (tertiary/aromatic N) is 1. The Hall–Kier alpha value is -3.87. The van der Waals surface area contributed by atoms with Gasteiger partial charge in [-0.15, -0.1) is 0 Å². The van der Waals surface area contributed by atoms with Crippen LogP contribution < -0.4 is 10.1 Å². The van der Waals surface area contributed by atoms with E-state index in [-0.39, 0.29) is 11.5 Å². The van der Waals surface area contributed by atoms with Crippen LogP contribution in [0.25, 0.3) is 0 Å². The summed E-state index contributed by atoms with van der Waals surface area (Å²) >= 11 is 0. The molecule has 1 heterocycles. The highest BCUT2D eigenvalue weighted by molar-refractivity contribution is 6.00. The van der Waals surface area contributed by atoms with Crippen molar-refractivity contribution in [3.05, 3.63) is 83.2 Å². The third-order valence-corrected chi connectivity index (χ3v) is 4.80. The number of esters is 1. The van der Waals surface area contributed by atoms with Crippen LogP contribution in [0.5, 0.6) is 5.75 Å². The first-order chi connectivity index (χ1) is 14.8. The van der Waals surface area contributed by atoms with Crippen molar-refractivity contribution in [2.45, 2.75) is 20.0 Å². The maximum Gasteiger partial charge on any atom is 0.356 e. The van der Waals surface area contributed by atoms with E-state index in [4.69, 9.17) is 9.47 Å². The van der Waals surface area contributed by atoms with Gasteiger partial charge in [0.1, 0.15) is 11.4 Å². The van der Waals surface area contributed by atoms with Crippen LogP contribution >= 0.6 is 0 Å². The van der Waals surface area contributed by atoms with E-state index in [1.807, 2.05) is 13.0 Å². The second-order valence-electron chi connectivity index (χ2n) is 7.17. The zero-order valence-corrected chi connectivity index (χ0v) is 17.8. The minimum atomic E-state index is -1.20. The van der Waals surface area contributed by atoms with Crippen LogP contribution in [0.15, 0.2) is 60.8 Å². The predicted octanol–water partition coefficient (Wildman–Crippen LogP) is 4.08. The maximum atomic E-state index is 13.2. The molecule has 0 aliphatic carbocycles. The largest absolute Gasteiger partial charge is 0.495 e. The Kier molecular flexibility index (Phi) is 6.55. The number of carbonyl (C=O) groups excluding carboxylic acids is 3. The minimum Gasteiger partial charge on any atom is -0.495 e. The number of benzene rings is 2. The average Bonchev–Trinajstić information content (AvgIpc) is 3.15. The molecule has 0 unspecified atom stereocenters. The van der Waals surface area contributed by atoms with E-state index in [0.29, 0.717) is 22.6 Å². The summed E-state index contributed by atoms with van der Waals surface area (Å²) in [7, 11) is 3.15. The SMILES string of the molecule is COc1ccc(C)cc1NC(=O)[C@@H](OC(=O)c1cc(C(C)=O)cn1C)c1ccccc1. The number of methoxy groups -OCH3 is 1. The van der Waals surface area contributed by atoms with E-state index in [1.165, 1.54) is 24.7 Å². The van der Waals surface area contributed by atoms with Crippen molar-refractivity contribution in [1.29, 1.82) is 0 Å². The molecular formula is C24H24N2O5. The zero-order valence-electron chi connectivity index (χ0n) is 17.8. The number of ether oxygens (including phenoxy) is 2. The van der Waals surface area contributed by atoms with Crippen LogP contribution in [0.4, 0.5) is 5.69 Å². The first-order valence-corrected chi connectivity index (χ1v) is 9.69. The van der Waals surface area contributed by atoms with Crippen LogP contribution in [0.2, 0.25) is 0 Å². The molecule has 31 heavy (non-hydrogen) atoms. The van der Waals surface area contributed by atoms with Gasteiger partial charge in [-0.2, -0.15) is 0 Å². The third kappa shape index (κ3) is 5.01. The summed E-state index contributed by atoms with van der Waals surface area (Å²) in [4.78, 5) is 37.6. The Morgan fingerprint density at radius 3 is 2.35 bits per heavy atom. The fourth-order valence-corrected chi connectivity index (χ4v) is 3.15. The molecule has 3 rings (SSSR count). The Morgan fingerprint density at radius 2 is 1.74 bits per heavy atom. The molecule has 1 amide bonds. The Morgan fingerprint density at radius 1 is 1.03 bits per heavy atom. The molecule has 0 saturated carbocycles. The number of rotatable bonds is 7. The first kappa shape index (κ1) is 21.8. The molecule has 3 aromatic rings. The summed E-state index contributed by atoms with van der Waals surface area (Å²) in [6, 6.07) is 15.6. The molecule has 0 aliphatic heterocycles. The molecule has 0 fully saturated rings. The van der Waals surface area contributed by atoms with Gasteiger partial charge >= 0.3 is 5.97 Å². The highest BCUT2D eigenvalue weighted by Gasteiger charge is 2.28. The summed E-state index contributed by atoms with van der Waals surface area (Å²) < 4.78 is 12.4. The second kappa shape index (κ2) is 9.30. The molecule has 0 saturated heterocycles. The lowest BCUT2D eigenvalue weighted by Gasteiger charge is -2.19. The highest BCUT2D eigenvalue weighted by atomic mass is 16.5. The minimum absolute atomic E-state index is 0.168. The number of carbonyl (C=O) groups is 3. The maximum absolute atomic E-state index is 13.2. The van der Waals surface area contributed by atoms with Crippen LogP contribution in [-0.2, 0) is 16.6 Å². The molecule has 2 aromatic carbocycles. The van der Waals surface area contributed by atoms with E-state index >= 15 is 0 Å². The lowest BCUT2D eigenvalue weighted by Crippen LogP contribution is -2.26. The van der Waals surface area contributed by atoms with Crippen LogP contribution in [0.3, 0.4) is 0 Å². The van der Waals surface area contributed by atoms with Gasteiger partial charge in [-0.25, -0.2) is 4.79 Å². The molecule has 160 valence electrons. The van der Waals surface area contributed by atoms with E-state index in [2.05, 4.69) is 5.32 Å². The van der Waals surface area contributed by atoms with Gasteiger partial charge in [0, 0.05) is 24.4 Å². The van der Waals surface area contributed by atoms with Crippen molar-refractivity contribution in [2.24, 2.45) is 7.05 Å². The second-order valence-corrected chi connectivity index (χ2v) is 7.17. The zero-order chi connectivity index (χ0) is 22.5. The van der Waals surface area contributed by atoms with Gasteiger partial charge in [0.15, 0.2) is 5.78 Å². The molecular weight excluding hydrogens is 396 g/mol. The molecule has 0 spiro atoms. The number of aryl methyl sites for hydroxylation is 2. The predicted molar refractivity (Wildman–Crippen MR) is 116 cm³/mol. The number of hydrogen-bond donors (Lipinski definition) is 1. The van der Waals surface area contributed by atoms with Gasteiger partial charge in [-0.1, -0.05) is 36.4 Å². The highest BCUT2D eigenvalue weighted by Crippen LogP contribution is 2.28. The molecule has 7 nitrogen and oxygen atoms in total. The van der Waals surface area contributed by atoms with Crippen LogP contribution in [-0.4, -0.2) is 29.3 Å². The van der Waals surface area contributed by atoms with Crippen LogP contribution in [0.1, 0.15) is 45.0 Å². The number of amides is 1. The summed E-state index contributed by atoms with van der Waals surface area (Å²) in [5.74, 6) is -0.913. The standard InChI is InChI=1S/C24H24N2O5/c1-15-10-11-21(30-4)19(12-15)25-23(28)22(17-8-6-5-7-9-17)31-24(29)20-13-18(16(2)27)14-26(20)3/h5-14,22H,1-4H3,(H,25,28)/t22-/m0/s1. The van der Waals surface area contributed by atoms with Crippen molar-refractivity contribution in [2.75, 3.05) is 12.4 Å². The Balaban J connectivity index is 1.91. The fraction of sp³-hybridized carbons (Fsp3) is 0.208. The average molecular weight is 420 g/mol. The smallest absolute Gasteiger partial charge is 0.356 e. The van der Waals surface area contributed by atoms with Crippen molar-refractivity contribution < 1.29 is 23.9 Å². The van der Waals surface area contributed by atoms with E-state index in [1.54, 1.807) is 55.7 Å². The van der Waals surface area contributed by atoms with Crippen LogP contribution in [0, 0.1) is 6.92 Å². The molecule has 1 aromatic heterocycles. The summed E-state index contributed by atoms with van der Waals surface area (Å²) in [5.41, 5.74) is 2.49. The topological polar surface area (TPSA) is 86.6 Å². The number of nitrogens with one attached hydrogen (secondary N) is 1. The molecule has 0 bridgehead atoms. The van der Waals surface area contributed by atoms with E-state index in [9.17, 15) is 14.4 Å². The normalized spacial score (nSPS) is 11.5. The van der Waals surface area contributed by atoms with Crippen molar-refractivity contribution in [1.82, 2.24) is 4.57 Å². The van der Waals surface area contributed by atoms with Crippen molar-refractivity contribution >= 4 is 23.3 Å². The van der Waals surface area contributed by atoms with Gasteiger partial charge in [-0.3, -0.25) is 9.59 Å². The summed E-state index contributed by atoms with van der Waals surface area (Å²) in [6.07, 6.45) is 0.350. The lowest BCUT2D eigenvalue weighted by molar-refractivity contribution is -0.125. The van der Waals surface area contributed by atoms with Gasteiger partial charge in [0.25, 0.3) is 5.91 Å². The number of hydrogen-bond acceptors (Lipinski definition) is 5. The monoisotopic (exact) mass is 420 g/mol. The van der Waals surface area contributed by atoms with E-state index < -0.39 is 18.0 Å². The number of Topliss-reactive ketones (excluding diaryl/α,β-unsaturated/α-hetero) is 1. The first-order valence-electron chi connectivity index (χ1n) is 9.69. The Bertz CT molecular complexity index is 1120. The Labute approximate surface area is 180 Å². The van der Waals surface area contributed by atoms with Gasteiger partial charge in [-0.05, 0) is 37.6 Å². The quantitative estimate of drug-likeness (QED) is 0.460. The summed E-state index contributed by atoms with van der Waals surface area (Å²) in [5, 5.41) is 2.79. The third-order valence-electron chi connectivity index (χ3n) is 4.80. The number of aromatic nitrogens is 1. The van der Waals surface area contributed by atoms with Gasteiger partial charge in [0.05, 0.1) is 12.8 Å². The van der Waals surface area contributed by atoms with Gasteiger partial charge in [0.2, 0.25) is 6.10 Å². The fourth-order valence-electron chi connectivity index (χ4n) is 3.15. The molecule has 7 heteroatoms. The lowest BCUT2D eigenvalue weighted by atomic mass is 10.1. The summed E-state index contributed by atoms with van der Waals surface area (Å²) in [6.45, 7) is 3.31. The molecule has 1 N–H and O–H groups in total. The molecule has 0 aliphatic rings.